The van der Waals surface area contributed by atoms with E-state index in [2.05, 4.69) is 23.9 Å². The molecule has 0 unspecified atom stereocenters. The van der Waals surface area contributed by atoms with Crippen molar-refractivity contribution in [2.24, 2.45) is 5.92 Å². The molecule has 0 amide bonds. The number of nitrogens with one attached hydrogen (secondary N) is 1. The van der Waals surface area contributed by atoms with Crippen LogP contribution in [0.15, 0.2) is 24.3 Å². The summed E-state index contributed by atoms with van der Waals surface area (Å²) in [6.07, 6.45) is 0. The lowest BCUT2D eigenvalue weighted by Crippen LogP contribution is -2.08. The van der Waals surface area contributed by atoms with Crippen LogP contribution in [0.1, 0.15) is 24.2 Å². The second kappa shape index (κ2) is 5.39. The predicted molar refractivity (Wildman–Crippen MR) is 61.1 cm³/mol. The first kappa shape index (κ1) is 11.6. The Morgan fingerprint density at radius 2 is 1.93 bits per heavy atom. The minimum atomic E-state index is -0.301. The summed E-state index contributed by atoms with van der Waals surface area (Å²) in [5, 5.41) is 3.28. The Kier molecular flexibility index (Phi) is 4.16. The van der Waals surface area contributed by atoms with E-state index in [0.717, 1.165) is 12.2 Å². The lowest BCUT2D eigenvalue weighted by atomic mass is 10.2. The van der Waals surface area contributed by atoms with Crippen molar-refractivity contribution in [3.8, 4) is 0 Å². The average Bonchev–Trinajstić information content (AvgIpc) is 2.26. The number of carbonyl (C=O) groups is 1. The smallest absolute Gasteiger partial charge is 0.337 e. The molecular weight excluding hydrogens is 190 g/mol. The average molecular weight is 207 g/mol. The highest BCUT2D eigenvalue weighted by Crippen LogP contribution is 2.10. The second-order valence-electron chi connectivity index (χ2n) is 3.84. The highest BCUT2D eigenvalue weighted by atomic mass is 16.5. The fourth-order valence-corrected chi connectivity index (χ4v) is 1.16. The third kappa shape index (κ3) is 3.62. The number of benzene rings is 1. The Morgan fingerprint density at radius 3 is 2.40 bits per heavy atom. The topological polar surface area (TPSA) is 38.3 Å². The largest absolute Gasteiger partial charge is 0.465 e. The molecule has 1 aromatic rings. The van der Waals surface area contributed by atoms with Gasteiger partial charge in [-0.1, -0.05) is 13.8 Å². The fraction of sp³-hybridized carbons (Fsp3) is 0.417. The third-order valence-electron chi connectivity index (χ3n) is 2.02. The van der Waals surface area contributed by atoms with Crippen molar-refractivity contribution in [1.82, 2.24) is 0 Å². The van der Waals surface area contributed by atoms with E-state index in [1.54, 1.807) is 12.1 Å². The Bertz CT molecular complexity index is 317. The number of hydrogen-bond acceptors (Lipinski definition) is 3. The first-order valence-electron chi connectivity index (χ1n) is 5.05. The molecular formula is C12H17NO2. The Morgan fingerprint density at radius 1 is 1.33 bits per heavy atom. The Balaban J connectivity index is 2.60. The van der Waals surface area contributed by atoms with E-state index in [1.807, 2.05) is 12.1 Å². The van der Waals surface area contributed by atoms with Crippen LogP contribution in [0.3, 0.4) is 0 Å². The lowest BCUT2D eigenvalue weighted by Gasteiger charge is -2.09. The van der Waals surface area contributed by atoms with Gasteiger partial charge in [-0.05, 0) is 30.2 Å². The number of esters is 1. The van der Waals surface area contributed by atoms with E-state index in [-0.39, 0.29) is 5.97 Å². The third-order valence-corrected chi connectivity index (χ3v) is 2.02. The minimum Gasteiger partial charge on any atom is -0.465 e. The maximum absolute atomic E-state index is 11.1. The first-order chi connectivity index (χ1) is 7.13. The lowest BCUT2D eigenvalue weighted by molar-refractivity contribution is 0.0601. The molecule has 0 aliphatic rings. The van der Waals surface area contributed by atoms with E-state index in [1.165, 1.54) is 7.11 Å². The molecule has 1 aromatic carbocycles. The van der Waals surface area contributed by atoms with Crippen LogP contribution in [0.25, 0.3) is 0 Å². The molecule has 3 heteroatoms. The summed E-state index contributed by atoms with van der Waals surface area (Å²) >= 11 is 0. The molecule has 0 saturated carbocycles. The van der Waals surface area contributed by atoms with Gasteiger partial charge in [0.1, 0.15) is 0 Å². The van der Waals surface area contributed by atoms with Crippen molar-refractivity contribution < 1.29 is 9.53 Å². The van der Waals surface area contributed by atoms with E-state index < -0.39 is 0 Å². The van der Waals surface area contributed by atoms with Gasteiger partial charge < -0.3 is 10.1 Å². The molecule has 82 valence electrons. The number of methoxy groups -OCH3 is 1. The van der Waals surface area contributed by atoms with Gasteiger partial charge >= 0.3 is 5.97 Å². The fourth-order valence-electron chi connectivity index (χ4n) is 1.16. The summed E-state index contributed by atoms with van der Waals surface area (Å²) < 4.78 is 4.61. The van der Waals surface area contributed by atoms with Gasteiger partial charge in [0, 0.05) is 12.2 Å². The van der Waals surface area contributed by atoms with E-state index in [4.69, 9.17) is 0 Å². The van der Waals surface area contributed by atoms with Crippen LogP contribution in [0.2, 0.25) is 0 Å². The molecule has 0 heterocycles. The van der Waals surface area contributed by atoms with Gasteiger partial charge in [0.15, 0.2) is 0 Å². The Labute approximate surface area is 90.4 Å². The van der Waals surface area contributed by atoms with Crippen LogP contribution in [0.5, 0.6) is 0 Å². The van der Waals surface area contributed by atoms with Crippen molar-refractivity contribution in [3.63, 3.8) is 0 Å². The zero-order valence-electron chi connectivity index (χ0n) is 9.41. The number of rotatable bonds is 4. The predicted octanol–water partition coefficient (Wildman–Crippen LogP) is 2.54. The van der Waals surface area contributed by atoms with Crippen LogP contribution in [0.4, 0.5) is 5.69 Å². The second-order valence-corrected chi connectivity index (χ2v) is 3.84. The first-order valence-corrected chi connectivity index (χ1v) is 5.05. The molecule has 1 rings (SSSR count). The van der Waals surface area contributed by atoms with Crippen molar-refractivity contribution in [2.75, 3.05) is 19.0 Å². The molecule has 1 N–H and O–H groups in total. The number of hydrogen-bond donors (Lipinski definition) is 1. The molecule has 15 heavy (non-hydrogen) atoms. The van der Waals surface area contributed by atoms with E-state index in [0.29, 0.717) is 11.5 Å². The number of carbonyl (C=O) groups excluding carboxylic acids is 1. The van der Waals surface area contributed by atoms with Crippen LogP contribution in [0, 0.1) is 5.92 Å². The summed E-state index contributed by atoms with van der Waals surface area (Å²) in [5.41, 5.74) is 1.60. The van der Waals surface area contributed by atoms with Crippen LogP contribution in [-0.4, -0.2) is 19.6 Å². The summed E-state index contributed by atoms with van der Waals surface area (Å²) in [7, 11) is 1.38. The SMILES string of the molecule is COC(=O)c1ccc(NCC(C)C)cc1. The molecule has 0 spiro atoms. The van der Waals surface area contributed by atoms with Gasteiger partial charge in [-0.15, -0.1) is 0 Å². The van der Waals surface area contributed by atoms with Gasteiger partial charge in [0.2, 0.25) is 0 Å². The van der Waals surface area contributed by atoms with Gasteiger partial charge in [-0.3, -0.25) is 0 Å². The summed E-state index contributed by atoms with van der Waals surface area (Å²) in [6, 6.07) is 7.28. The molecule has 0 aromatic heterocycles. The quantitative estimate of drug-likeness (QED) is 0.771. The van der Waals surface area contributed by atoms with E-state index in [9.17, 15) is 4.79 Å². The monoisotopic (exact) mass is 207 g/mol. The number of ether oxygens (including phenoxy) is 1. The van der Waals surface area contributed by atoms with Gasteiger partial charge in [-0.25, -0.2) is 4.79 Å². The summed E-state index contributed by atoms with van der Waals surface area (Å²) in [6.45, 7) is 5.23. The molecule has 3 nitrogen and oxygen atoms in total. The van der Waals surface area contributed by atoms with Crippen LogP contribution in [-0.2, 0) is 4.74 Å². The number of anilines is 1. The molecule has 0 bridgehead atoms. The normalized spacial score (nSPS) is 10.1. The standard InChI is InChI=1S/C12H17NO2/c1-9(2)8-13-11-6-4-10(5-7-11)12(14)15-3/h4-7,9,13H,8H2,1-3H3. The van der Waals surface area contributed by atoms with Gasteiger partial charge in [0.05, 0.1) is 12.7 Å². The highest BCUT2D eigenvalue weighted by Gasteiger charge is 2.03. The maximum atomic E-state index is 11.1. The summed E-state index contributed by atoms with van der Waals surface area (Å²) in [5.74, 6) is 0.302. The Hall–Kier alpha value is -1.51. The zero-order valence-corrected chi connectivity index (χ0v) is 9.41. The maximum Gasteiger partial charge on any atom is 0.337 e. The molecule has 0 atom stereocenters. The van der Waals surface area contributed by atoms with Crippen LogP contribution < -0.4 is 5.32 Å². The molecule has 0 aliphatic heterocycles. The van der Waals surface area contributed by atoms with Crippen molar-refractivity contribution >= 4 is 11.7 Å². The zero-order chi connectivity index (χ0) is 11.3. The molecule has 0 aliphatic carbocycles. The molecule has 0 radical (unpaired) electrons. The molecule has 0 fully saturated rings. The summed E-state index contributed by atoms with van der Waals surface area (Å²) in [4.78, 5) is 11.1. The van der Waals surface area contributed by atoms with Gasteiger partial charge in [0.25, 0.3) is 0 Å². The highest BCUT2D eigenvalue weighted by molar-refractivity contribution is 5.89. The van der Waals surface area contributed by atoms with Crippen molar-refractivity contribution in [3.05, 3.63) is 29.8 Å². The minimum absolute atomic E-state index is 0.301. The molecule has 0 saturated heterocycles. The van der Waals surface area contributed by atoms with E-state index >= 15 is 0 Å². The van der Waals surface area contributed by atoms with Crippen molar-refractivity contribution in [1.29, 1.82) is 0 Å². The van der Waals surface area contributed by atoms with Crippen LogP contribution >= 0.6 is 0 Å². The van der Waals surface area contributed by atoms with Gasteiger partial charge in [-0.2, -0.15) is 0 Å². The van der Waals surface area contributed by atoms with Crippen molar-refractivity contribution in [2.45, 2.75) is 13.8 Å².